The molecule has 1 aliphatic rings. The van der Waals surface area contributed by atoms with Gasteiger partial charge in [-0.2, -0.15) is 39.5 Å². The summed E-state index contributed by atoms with van der Waals surface area (Å²) in [6.07, 6.45) is -14.8. The van der Waals surface area contributed by atoms with Crippen LogP contribution in [-0.2, 0) is 29.8 Å². The molecule has 0 bridgehead atoms. The fraction of sp³-hybridized carbons (Fsp3) is 0.409. The first-order valence-corrected chi connectivity index (χ1v) is 9.91. The molecule has 0 aromatic heterocycles. The third kappa shape index (κ3) is 8.79. The zero-order valence-corrected chi connectivity index (χ0v) is 18.3. The van der Waals surface area contributed by atoms with Crippen molar-refractivity contribution in [1.29, 1.82) is 0 Å². The fourth-order valence-electron chi connectivity index (χ4n) is 2.64. The number of carbonyl (C=O) groups excluding carboxylic acids is 1. The van der Waals surface area contributed by atoms with Gasteiger partial charge < -0.3 is 9.64 Å². The Hall–Kier alpha value is -2.92. The van der Waals surface area contributed by atoms with Gasteiger partial charge in [-0.25, -0.2) is 4.79 Å². The molecule has 2 aromatic rings. The zero-order chi connectivity index (χ0) is 26.3. The molecular weight excluding hydrogens is 481 g/mol. The van der Waals surface area contributed by atoms with Crippen LogP contribution in [0.1, 0.15) is 41.7 Å². The molecule has 0 N–H and O–H groups in total. The van der Waals surface area contributed by atoms with Gasteiger partial charge in [-0.05, 0) is 42.8 Å². The molecule has 2 aromatic carbocycles. The second-order valence-corrected chi connectivity index (χ2v) is 6.81. The molecule has 1 saturated heterocycles. The van der Waals surface area contributed by atoms with Crippen LogP contribution in [0.25, 0.3) is 0 Å². The number of amides is 1. The molecule has 34 heavy (non-hydrogen) atoms. The van der Waals surface area contributed by atoms with Crippen LogP contribution in [0.2, 0.25) is 0 Å². The lowest BCUT2D eigenvalue weighted by Gasteiger charge is -2.17. The van der Waals surface area contributed by atoms with E-state index in [-0.39, 0.29) is 31.3 Å². The van der Waals surface area contributed by atoms with Gasteiger partial charge in [-0.1, -0.05) is 31.5 Å². The van der Waals surface area contributed by atoms with Crippen molar-refractivity contribution in [2.45, 2.75) is 45.8 Å². The summed E-state index contributed by atoms with van der Waals surface area (Å²) in [5.41, 5.74) is -2.82. The van der Waals surface area contributed by atoms with Gasteiger partial charge in [0, 0.05) is 6.54 Å². The summed E-state index contributed by atoms with van der Waals surface area (Å²) in [5.74, 6) is 0. The second-order valence-electron chi connectivity index (χ2n) is 6.81. The standard InChI is InChI=1S/C12H9F6NO2.C8H7F3.C2H6/c13-11(14,15)8-3-7(4-9(5-8)12(16,17)18)6-19-1-2-21-10(19)20;1-6-2-4-7(5-3-6)8(9,10)11;1-2/h3-5H,1-2,6H2;2-5H,1H3;1-2H3. The number of rotatable bonds is 2. The number of alkyl halides is 9. The second kappa shape index (κ2) is 11.5. The molecule has 1 amide bonds. The van der Waals surface area contributed by atoms with Gasteiger partial charge in [-0.3, -0.25) is 0 Å². The van der Waals surface area contributed by atoms with Crippen LogP contribution in [0, 0.1) is 6.92 Å². The van der Waals surface area contributed by atoms with E-state index in [9.17, 15) is 44.3 Å². The van der Waals surface area contributed by atoms with Gasteiger partial charge >= 0.3 is 24.6 Å². The molecule has 0 spiro atoms. The first-order valence-electron chi connectivity index (χ1n) is 9.91. The Bertz CT molecular complexity index is 901. The number of cyclic esters (lactones) is 1. The smallest absolute Gasteiger partial charge is 0.416 e. The summed E-state index contributed by atoms with van der Waals surface area (Å²) in [6.45, 7) is 5.56. The molecule has 3 rings (SSSR count). The number of benzene rings is 2. The molecule has 0 saturated carbocycles. The minimum absolute atomic E-state index is 0.0474. The summed E-state index contributed by atoms with van der Waals surface area (Å²) in [6, 6.07) is 6.30. The van der Waals surface area contributed by atoms with Crippen molar-refractivity contribution in [3.05, 3.63) is 70.3 Å². The van der Waals surface area contributed by atoms with Crippen molar-refractivity contribution in [2.24, 2.45) is 0 Å². The van der Waals surface area contributed by atoms with Crippen LogP contribution in [0.4, 0.5) is 44.3 Å². The third-order valence-corrected chi connectivity index (χ3v) is 4.24. The van der Waals surface area contributed by atoms with Crippen molar-refractivity contribution in [3.8, 4) is 0 Å². The van der Waals surface area contributed by atoms with Gasteiger partial charge in [0.25, 0.3) is 0 Å². The van der Waals surface area contributed by atoms with Crippen LogP contribution in [0.5, 0.6) is 0 Å². The van der Waals surface area contributed by atoms with E-state index in [0.717, 1.165) is 22.6 Å². The number of carbonyl (C=O) groups is 1. The largest absolute Gasteiger partial charge is 0.448 e. The van der Waals surface area contributed by atoms with E-state index in [1.807, 2.05) is 13.8 Å². The predicted octanol–water partition coefficient (Wildman–Crippen LogP) is 7.72. The van der Waals surface area contributed by atoms with Gasteiger partial charge in [-0.15, -0.1) is 0 Å². The molecule has 1 aliphatic heterocycles. The SMILES string of the molecule is CC.Cc1ccc(C(F)(F)F)cc1.O=C1OCCN1Cc1cc(C(F)(F)F)cc(C(F)(F)F)c1. The summed E-state index contributed by atoms with van der Waals surface area (Å²) >= 11 is 0. The van der Waals surface area contributed by atoms with Crippen LogP contribution < -0.4 is 0 Å². The van der Waals surface area contributed by atoms with Gasteiger partial charge in [0.2, 0.25) is 0 Å². The Morgan fingerprint density at radius 1 is 0.765 bits per heavy atom. The van der Waals surface area contributed by atoms with Gasteiger partial charge in [0.1, 0.15) is 6.61 Å². The number of ether oxygens (including phenoxy) is 1. The Morgan fingerprint density at radius 3 is 1.56 bits per heavy atom. The minimum atomic E-state index is -4.90. The lowest BCUT2D eigenvalue weighted by atomic mass is 10.0. The molecule has 12 heteroatoms. The van der Waals surface area contributed by atoms with Gasteiger partial charge in [0.15, 0.2) is 0 Å². The third-order valence-electron chi connectivity index (χ3n) is 4.24. The number of nitrogens with zero attached hydrogens (tertiary/aromatic N) is 1. The molecule has 190 valence electrons. The summed E-state index contributed by atoms with van der Waals surface area (Å²) < 4.78 is 116. The van der Waals surface area contributed by atoms with E-state index in [4.69, 9.17) is 0 Å². The quantitative estimate of drug-likeness (QED) is 0.393. The Morgan fingerprint density at radius 2 is 1.21 bits per heavy atom. The molecule has 0 radical (unpaired) electrons. The summed E-state index contributed by atoms with van der Waals surface area (Å²) in [4.78, 5) is 12.2. The van der Waals surface area contributed by atoms with Gasteiger partial charge in [0.05, 0.1) is 23.2 Å². The highest BCUT2D eigenvalue weighted by Crippen LogP contribution is 2.36. The highest BCUT2D eigenvalue weighted by Gasteiger charge is 2.37. The average Bonchev–Trinajstić information content (AvgIpc) is 3.12. The summed E-state index contributed by atoms with van der Waals surface area (Å²) in [7, 11) is 0. The maximum atomic E-state index is 12.7. The predicted molar refractivity (Wildman–Crippen MR) is 106 cm³/mol. The number of halogens is 9. The number of hydrogen-bond acceptors (Lipinski definition) is 2. The minimum Gasteiger partial charge on any atom is -0.448 e. The maximum Gasteiger partial charge on any atom is 0.416 e. The highest BCUT2D eigenvalue weighted by atomic mass is 19.4. The van der Waals surface area contributed by atoms with E-state index in [2.05, 4.69) is 4.74 Å². The number of hydrogen-bond donors (Lipinski definition) is 0. The molecule has 0 aliphatic carbocycles. The molecule has 1 fully saturated rings. The van der Waals surface area contributed by atoms with Crippen molar-refractivity contribution in [2.75, 3.05) is 13.2 Å². The highest BCUT2D eigenvalue weighted by molar-refractivity contribution is 5.69. The van der Waals surface area contributed by atoms with Crippen molar-refractivity contribution < 1.29 is 49.0 Å². The first kappa shape index (κ1) is 29.1. The average molecular weight is 503 g/mol. The van der Waals surface area contributed by atoms with Crippen LogP contribution in [0.15, 0.2) is 42.5 Å². The molecule has 0 atom stereocenters. The maximum absolute atomic E-state index is 12.7. The Balaban J connectivity index is 0.000000374. The molecular formula is C22H22F9NO2. The van der Waals surface area contributed by atoms with Crippen molar-refractivity contribution in [3.63, 3.8) is 0 Å². The lowest BCUT2D eigenvalue weighted by Crippen LogP contribution is -2.24. The first-order chi connectivity index (χ1) is 15.6. The lowest BCUT2D eigenvalue weighted by molar-refractivity contribution is -0.143. The van der Waals surface area contributed by atoms with Crippen LogP contribution in [-0.4, -0.2) is 24.1 Å². The van der Waals surface area contributed by atoms with Crippen molar-refractivity contribution >= 4 is 6.09 Å². The van der Waals surface area contributed by atoms with Crippen molar-refractivity contribution in [1.82, 2.24) is 4.90 Å². The molecule has 0 unspecified atom stereocenters. The van der Waals surface area contributed by atoms with E-state index in [1.54, 1.807) is 6.92 Å². The monoisotopic (exact) mass is 503 g/mol. The van der Waals surface area contributed by atoms with Crippen LogP contribution >= 0.6 is 0 Å². The normalized spacial score (nSPS) is 14.0. The number of aryl methyl sites for hydroxylation is 1. The Kier molecular flexibility index (Phi) is 9.83. The van der Waals surface area contributed by atoms with E-state index >= 15 is 0 Å². The van der Waals surface area contributed by atoms with Crippen LogP contribution in [0.3, 0.4) is 0 Å². The zero-order valence-electron chi connectivity index (χ0n) is 18.3. The van der Waals surface area contributed by atoms with E-state index < -0.39 is 41.3 Å². The topological polar surface area (TPSA) is 29.5 Å². The summed E-state index contributed by atoms with van der Waals surface area (Å²) in [5, 5.41) is 0. The van der Waals surface area contributed by atoms with E-state index in [0.29, 0.717) is 12.1 Å². The molecule has 3 nitrogen and oxygen atoms in total. The van der Waals surface area contributed by atoms with E-state index in [1.165, 1.54) is 12.1 Å². The Labute approximate surface area is 190 Å². The fourth-order valence-corrected chi connectivity index (χ4v) is 2.64. The molecule has 1 heterocycles.